The summed E-state index contributed by atoms with van der Waals surface area (Å²) in [6, 6.07) is 0. The highest BCUT2D eigenvalue weighted by molar-refractivity contribution is 6.00. The first-order valence-electron chi connectivity index (χ1n) is 4.91. The van der Waals surface area contributed by atoms with Gasteiger partial charge in [-0.2, -0.15) is 0 Å². The number of carbonyl (C=O) groups excluding carboxylic acids is 2. The largest absolute Gasteiger partial charge is 0.359 e. The molecule has 1 aliphatic carbocycles. The lowest BCUT2D eigenvalue weighted by atomic mass is 9.74. The fourth-order valence-corrected chi connectivity index (χ4v) is 1.51. The third-order valence-corrected chi connectivity index (χ3v) is 2.55. The number of hydrogen-bond donors (Lipinski definition) is 0. The summed E-state index contributed by atoms with van der Waals surface area (Å²) in [6.45, 7) is 6.03. The summed E-state index contributed by atoms with van der Waals surface area (Å²) >= 11 is 0. The van der Waals surface area contributed by atoms with Gasteiger partial charge in [0.15, 0.2) is 5.78 Å². The topological polar surface area (TPSA) is 43.4 Å². The molecule has 82 valence electrons. The lowest BCUT2D eigenvalue weighted by molar-refractivity contribution is -0.119. The average molecular weight is 208 g/mol. The van der Waals surface area contributed by atoms with Crippen molar-refractivity contribution in [2.45, 2.75) is 26.4 Å². The Labute approximate surface area is 89.8 Å². The smallest absolute Gasteiger partial charge is 0.178 e. The van der Waals surface area contributed by atoms with Gasteiger partial charge in [0.05, 0.1) is 0 Å². The molecule has 3 heteroatoms. The zero-order valence-corrected chi connectivity index (χ0v) is 9.32. The van der Waals surface area contributed by atoms with E-state index >= 15 is 0 Å². The highest BCUT2D eigenvalue weighted by atomic mass is 16.5. The maximum Gasteiger partial charge on any atom is 0.178 e. The molecule has 0 spiro atoms. The van der Waals surface area contributed by atoms with Crippen LogP contribution in [0.1, 0.15) is 20.8 Å². The van der Waals surface area contributed by atoms with Crippen LogP contribution in [0, 0.1) is 5.41 Å². The summed E-state index contributed by atoms with van der Waals surface area (Å²) in [7, 11) is 0. The molecule has 3 nitrogen and oxygen atoms in total. The van der Waals surface area contributed by atoms with Crippen LogP contribution in [0.4, 0.5) is 0 Å². The molecule has 0 aromatic carbocycles. The first-order chi connectivity index (χ1) is 6.91. The van der Waals surface area contributed by atoms with Crippen LogP contribution in [0.25, 0.3) is 0 Å². The second-order valence-electron chi connectivity index (χ2n) is 4.59. The molecule has 0 unspecified atom stereocenters. The molecule has 0 heterocycles. The van der Waals surface area contributed by atoms with Crippen molar-refractivity contribution in [3.8, 4) is 0 Å². The summed E-state index contributed by atoms with van der Waals surface area (Å²) < 4.78 is 5.54. The summed E-state index contributed by atoms with van der Waals surface area (Å²) in [5.74, 6) is -0.0513. The molecule has 0 amide bonds. The Bertz CT molecular complexity index is 302. The lowest BCUT2D eigenvalue weighted by Crippen LogP contribution is -2.43. The number of ether oxygens (including phenoxy) is 1. The van der Waals surface area contributed by atoms with Crippen LogP contribution in [-0.2, 0) is 14.3 Å². The third-order valence-electron chi connectivity index (χ3n) is 2.55. The van der Waals surface area contributed by atoms with E-state index in [0.717, 1.165) is 0 Å². The van der Waals surface area contributed by atoms with Gasteiger partial charge in [0.2, 0.25) is 0 Å². The van der Waals surface area contributed by atoms with Crippen LogP contribution in [0.5, 0.6) is 0 Å². The fourth-order valence-electron chi connectivity index (χ4n) is 1.51. The first kappa shape index (κ1) is 11.9. The molecule has 0 saturated carbocycles. The van der Waals surface area contributed by atoms with Crippen molar-refractivity contribution < 1.29 is 14.3 Å². The Morgan fingerprint density at radius 1 is 1.33 bits per heavy atom. The normalized spacial score (nSPS) is 19.3. The molecule has 0 radical (unpaired) electrons. The minimum atomic E-state index is -0.665. The van der Waals surface area contributed by atoms with Crippen molar-refractivity contribution in [2.75, 3.05) is 6.61 Å². The van der Waals surface area contributed by atoms with Gasteiger partial charge < -0.3 is 9.53 Å². The quantitative estimate of drug-likeness (QED) is 0.663. The maximum atomic E-state index is 11.1. The van der Waals surface area contributed by atoms with Crippen LogP contribution in [0.15, 0.2) is 24.3 Å². The van der Waals surface area contributed by atoms with Gasteiger partial charge in [-0.15, -0.1) is 0 Å². The van der Waals surface area contributed by atoms with Crippen molar-refractivity contribution in [2.24, 2.45) is 5.41 Å². The van der Waals surface area contributed by atoms with E-state index < -0.39 is 5.60 Å². The van der Waals surface area contributed by atoms with E-state index in [1.807, 2.05) is 20.8 Å². The molecule has 1 aliphatic rings. The fraction of sp³-hybridized carbons (Fsp3) is 0.500. The van der Waals surface area contributed by atoms with Crippen molar-refractivity contribution >= 4 is 12.1 Å². The molecule has 0 saturated heterocycles. The zero-order chi connectivity index (χ0) is 11.5. The van der Waals surface area contributed by atoms with E-state index in [4.69, 9.17) is 4.74 Å². The third kappa shape index (κ3) is 2.42. The maximum absolute atomic E-state index is 11.1. The number of allylic oxidation sites excluding steroid dienone is 2. The van der Waals surface area contributed by atoms with Gasteiger partial charge in [-0.25, -0.2) is 0 Å². The molecule has 1 rings (SSSR count). The molecule has 0 aromatic heterocycles. The molecule has 0 atom stereocenters. The van der Waals surface area contributed by atoms with E-state index in [1.165, 1.54) is 12.2 Å². The number of carbonyl (C=O) groups is 2. The minimum Gasteiger partial charge on any atom is -0.359 e. The standard InChI is InChI=1S/C12H16O3/c1-11(2,3)12(15-9-8-13)6-4-10(14)5-7-12/h4-8H,9H2,1-3H3. The number of hydrogen-bond acceptors (Lipinski definition) is 3. The van der Waals surface area contributed by atoms with Gasteiger partial charge in [0.1, 0.15) is 18.5 Å². The van der Waals surface area contributed by atoms with Gasteiger partial charge in [-0.1, -0.05) is 20.8 Å². The van der Waals surface area contributed by atoms with Gasteiger partial charge in [-0.05, 0) is 29.7 Å². The van der Waals surface area contributed by atoms with Gasteiger partial charge in [-0.3, -0.25) is 4.79 Å². The molecule has 15 heavy (non-hydrogen) atoms. The van der Waals surface area contributed by atoms with E-state index in [-0.39, 0.29) is 17.8 Å². The lowest BCUT2D eigenvalue weighted by Gasteiger charge is -2.40. The van der Waals surface area contributed by atoms with E-state index in [0.29, 0.717) is 6.29 Å². The predicted octanol–water partition coefficient (Wildman–Crippen LogP) is 1.68. The van der Waals surface area contributed by atoms with Crippen LogP contribution < -0.4 is 0 Å². The number of ketones is 1. The van der Waals surface area contributed by atoms with Crippen LogP contribution in [0.3, 0.4) is 0 Å². The average Bonchev–Trinajstić information content (AvgIpc) is 2.16. The van der Waals surface area contributed by atoms with Crippen molar-refractivity contribution in [1.29, 1.82) is 0 Å². The Morgan fingerprint density at radius 2 is 1.87 bits per heavy atom. The number of aldehydes is 1. The number of rotatable bonds is 3. The van der Waals surface area contributed by atoms with Crippen molar-refractivity contribution in [3.05, 3.63) is 24.3 Å². The van der Waals surface area contributed by atoms with E-state index in [1.54, 1.807) is 12.2 Å². The minimum absolute atomic E-state index is 0.0279. The van der Waals surface area contributed by atoms with Crippen LogP contribution >= 0.6 is 0 Å². The molecular formula is C12H16O3. The van der Waals surface area contributed by atoms with Crippen molar-refractivity contribution in [1.82, 2.24) is 0 Å². The molecule has 0 N–H and O–H groups in total. The van der Waals surface area contributed by atoms with Crippen LogP contribution in [-0.4, -0.2) is 24.3 Å². The molecule has 0 aliphatic heterocycles. The van der Waals surface area contributed by atoms with Crippen molar-refractivity contribution in [3.63, 3.8) is 0 Å². The molecule has 0 aromatic rings. The highest BCUT2D eigenvalue weighted by Gasteiger charge is 2.39. The summed E-state index contributed by atoms with van der Waals surface area (Å²) in [5, 5.41) is 0. The Morgan fingerprint density at radius 3 is 2.27 bits per heavy atom. The molecule has 0 fully saturated rings. The highest BCUT2D eigenvalue weighted by Crippen LogP contribution is 2.37. The monoisotopic (exact) mass is 208 g/mol. The van der Waals surface area contributed by atoms with Crippen LogP contribution in [0.2, 0.25) is 0 Å². The summed E-state index contributed by atoms with van der Waals surface area (Å²) in [5.41, 5.74) is -0.870. The Hall–Kier alpha value is -1.22. The van der Waals surface area contributed by atoms with Gasteiger partial charge in [0.25, 0.3) is 0 Å². The summed E-state index contributed by atoms with van der Waals surface area (Å²) in [6.07, 6.45) is 7.12. The second-order valence-corrected chi connectivity index (χ2v) is 4.59. The van der Waals surface area contributed by atoms with Gasteiger partial charge in [0, 0.05) is 0 Å². The second kappa shape index (κ2) is 4.11. The Kier molecular flexibility index (Phi) is 3.25. The zero-order valence-electron chi connectivity index (χ0n) is 9.32. The Balaban J connectivity index is 2.98. The molecular weight excluding hydrogens is 192 g/mol. The van der Waals surface area contributed by atoms with E-state index in [9.17, 15) is 9.59 Å². The van der Waals surface area contributed by atoms with Gasteiger partial charge >= 0.3 is 0 Å². The summed E-state index contributed by atoms with van der Waals surface area (Å²) in [4.78, 5) is 21.4. The predicted molar refractivity (Wildman–Crippen MR) is 57.5 cm³/mol. The SMILES string of the molecule is CC(C)(C)C1(OCC=O)C=CC(=O)C=C1. The first-order valence-corrected chi connectivity index (χ1v) is 4.91. The molecule has 0 bridgehead atoms. The van der Waals surface area contributed by atoms with E-state index in [2.05, 4.69) is 0 Å².